The van der Waals surface area contributed by atoms with Gasteiger partial charge in [0.05, 0.1) is 0 Å². The van der Waals surface area contributed by atoms with Crippen molar-refractivity contribution in [2.75, 3.05) is 11.9 Å². The van der Waals surface area contributed by atoms with Crippen molar-refractivity contribution >= 4 is 11.6 Å². The summed E-state index contributed by atoms with van der Waals surface area (Å²) < 4.78 is 0. The second-order valence-electron chi connectivity index (χ2n) is 5.00. The van der Waals surface area contributed by atoms with Gasteiger partial charge in [-0.05, 0) is 18.1 Å². The number of rotatable bonds is 5. The minimum absolute atomic E-state index is 0.120. The van der Waals surface area contributed by atoms with E-state index >= 15 is 0 Å². The molecule has 1 aliphatic heterocycles. The summed E-state index contributed by atoms with van der Waals surface area (Å²) in [5.74, 6) is 0.363. The summed E-state index contributed by atoms with van der Waals surface area (Å²) in [6.07, 6.45) is 3.42. The smallest absolute Gasteiger partial charge is 0.243 e. The van der Waals surface area contributed by atoms with Crippen molar-refractivity contribution in [3.05, 3.63) is 29.8 Å². The molecular formula is C15H22N2O. The molecule has 98 valence electrons. The largest absolute Gasteiger partial charge is 0.373 e. The minimum Gasteiger partial charge on any atom is -0.373 e. The number of carbonyl (C=O) groups is 1. The molecule has 0 fully saturated rings. The van der Waals surface area contributed by atoms with Gasteiger partial charge in [-0.1, -0.05) is 44.9 Å². The third kappa shape index (κ3) is 2.66. The van der Waals surface area contributed by atoms with Gasteiger partial charge in [-0.2, -0.15) is 0 Å². The van der Waals surface area contributed by atoms with Crippen molar-refractivity contribution in [3.8, 4) is 0 Å². The zero-order valence-electron chi connectivity index (χ0n) is 11.2. The molecule has 2 atom stereocenters. The summed E-state index contributed by atoms with van der Waals surface area (Å²) in [6.45, 7) is 5.06. The lowest BCUT2D eigenvalue weighted by molar-refractivity contribution is -0.122. The summed E-state index contributed by atoms with van der Waals surface area (Å²) in [6, 6.07) is 8.04. The number of hydrogen-bond acceptors (Lipinski definition) is 2. The molecule has 0 spiro atoms. The van der Waals surface area contributed by atoms with Crippen LogP contribution in [-0.4, -0.2) is 18.5 Å². The van der Waals surface area contributed by atoms with Crippen LogP contribution in [0.2, 0.25) is 0 Å². The number of anilines is 1. The number of nitrogens with one attached hydrogen (secondary N) is 2. The van der Waals surface area contributed by atoms with Crippen LogP contribution >= 0.6 is 0 Å². The van der Waals surface area contributed by atoms with E-state index < -0.39 is 0 Å². The van der Waals surface area contributed by atoms with Gasteiger partial charge in [-0.25, -0.2) is 0 Å². The lowest BCUT2D eigenvalue weighted by Crippen LogP contribution is -2.40. The molecular weight excluding hydrogens is 224 g/mol. The Morgan fingerprint density at radius 1 is 1.33 bits per heavy atom. The molecule has 0 bridgehead atoms. The molecule has 1 aliphatic rings. The van der Waals surface area contributed by atoms with Crippen molar-refractivity contribution in [1.29, 1.82) is 0 Å². The Balaban J connectivity index is 1.90. The Morgan fingerprint density at radius 3 is 2.83 bits per heavy atom. The van der Waals surface area contributed by atoms with E-state index in [4.69, 9.17) is 0 Å². The van der Waals surface area contributed by atoms with Gasteiger partial charge >= 0.3 is 0 Å². The van der Waals surface area contributed by atoms with Crippen LogP contribution in [0.4, 0.5) is 5.69 Å². The fourth-order valence-electron chi connectivity index (χ4n) is 2.49. The topological polar surface area (TPSA) is 41.1 Å². The van der Waals surface area contributed by atoms with Crippen LogP contribution in [0.15, 0.2) is 24.3 Å². The molecule has 3 nitrogen and oxygen atoms in total. The van der Waals surface area contributed by atoms with Crippen LogP contribution in [0.25, 0.3) is 0 Å². The molecule has 2 N–H and O–H groups in total. The Labute approximate surface area is 109 Å². The second-order valence-corrected chi connectivity index (χ2v) is 5.00. The summed E-state index contributed by atoms with van der Waals surface area (Å²) >= 11 is 0. The fraction of sp³-hybridized carbons (Fsp3) is 0.533. The van der Waals surface area contributed by atoms with Crippen molar-refractivity contribution in [1.82, 2.24) is 5.32 Å². The van der Waals surface area contributed by atoms with Crippen molar-refractivity contribution in [2.24, 2.45) is 0 Å². The number of amides is 1. The maximum Gasteiger partial charge on any atom is 0.243 e. The van der Waals surface area contributed by atoms with E-state index in [1.165, 1.54) is 18.4 Å². The predicted octanol–water partition coefficient (Wildman–Crippen LogP) is 2.89. The summed E-state index contributed by atoms with van der Waals surface area (Å²) in [4.78, 5) is 12.1. The Bertz CT molecular complexity index is 417. The molecule has 0 saturated heterocycles. The van der Waals surface area contributed by atoms with Gasteiger partial charge < -0.3 is 10.6 Å². The number of para-hydroxylation sites is 1. The molecule has 1 heterocycles. The van der Waals surface area contributed by atoms with E-state index in [9.17, 15) is 4.79 Å². The molecule has 2 rings (SSSR count). The second kappa shape index (κ2) is 5.89. The van der Waals surface area contributed by atoms with E-state index in [1.54, 1.807) is 0 Å². The molecule has 18 heavy (non-hydrogen) atoms. The quantitative estimate of drug-likeness (QED) is 0.784. The summed E-state index contributed by atoms with van der Waals surface area (Å²) in [5.41, 5.74) is 2.34. The minimum atomic E-state index is -0.121. The molecule has 1 aromatic rings. The maximum absolute atomic E-state index is 12.1. The zero-order valence-corrected chi connectivity index (χ0v) is 11.2. The van der Waals surface area contributed by atoms with E-state index in [-0.39, 0.29) is 17.9 Å². The van der Waals surface area contributed by atoms with Gasteiger partial charge in [0.15, 0.2) is 0 Å². The Morgan fingerprint density at radius 2 is 2.11 bits per heavy atom. The van der Waals surface area contributed by atoms with Gasteiger partial charge in [0.25, 0.3) is 0 Å². The molecule has 0 aromatic heterocycles. The first-order valence-electron chi connectivity index (χ1n) is 6.87. The highest BCUT2D eigenvalue weighted by atomic mass is 16.2. The van der Waals surface area contributed by atoms with Crippen LogP contribution in [0.1, 0.15) is 44.6 Å². The van der Waals surface area contributed by atoms with Crippen LogP contribution in [-0.2, 0) is 4.79 Å². The van der Waals surface area contributed by atoms with Crippen LogP contribution in [0.3, 0.4) is 0 Å². The number of carbonyl (C=O) groups excluding carboxylic acids is 1. The molecule has 3 heteroatoms. The SMILES string of the molecule is CCCCCNC(=O)[C@H]1Nc2ccccc2[C@@H]1C. The lowest BCUT2D eigenvalue weighted by atomic mass is 9.97. The van der Waals surface area contributed by atoms with Gasteiger partial charge in [-0.15, -0.1) is 0 Å². The highest BCUT2D eigenvalue weighted by Gasteiger charge is 2.33. The number of fused-ring (bicyclic) bond motifs is 1. The molecule has 0 radical (unpaired) electrons. The summed E-state index contributed by atoms with van der Waals surface area (Å²) in [7, 11) is 0. The third-order valence-corrected chi connectivity index (χ3v) is 3.62. The number of hydrogen-bond donors (Lipinski definition) is 2. The maximum atomic E-state index is 12.1. The van der Waals surface area contributed by atoms with Gasteiger partial charge in [0, 0.05) is 18.2 Å². The van der Waals surface area contributed by atoms with E-state index in [0.29, 0.717) is 0 Å². The van der Waals surface area contributed by atoms with Gasteiger partial charge in [0.1, 0.15) is 6.04 Å². The van der Waals surface area contributed by atoms with E-state index in [1.807, 2.05) is 18.2 Å². The fourth-order valence-corrected chi connectivity index (χ4v) is 2.49. The normalized spacial score (nSPS) is 21.2. The number of benzene rings is 1. The zero-order chi connectivity index (χ0) is 13.0. The highest BCUT2D eigenvalue weighted by Crippen LogP contribution is 2.35. The molecule has 0 saturated carbocycles. The first-order chi connectivity index (χ1) is 8.74. The average molecular weight is 246 g/mol. The van der Waals surface area contributed by atoms with Gasteiger partial charge in [0.2, 0.25) is 5.91 Å². The van der Waals surface area contributed by atoms with Crippen LogP contribution < -0.4 is 10.6 Å². The van der Waals surface area contributed by atoms with Crippen LogP contribution in [0.5, 0.6) is 0 Å². The molecule has 0 unspecified atom stereocenters. The molecule has 1 amide bonds. The molecule has 1 aromatic carbocycles. The highest BCUT2D eigenvalue weighted by molar-refractivity contribution is 5.88. The van der Waals surface area contributed by atoms with E-state index in [2.05, 4.69) is 30.5 Å². The van der Waals surface area contributed by atoms with Gasteiger partial charge in [-0.3, -0.25) is 4.79 Å². The Hall–Kier alpha value is -1.51. The first kappa shape index (κ1) is 12.9. The standard InChI is InChI=1S/C15H22N2O/c1-3-4-7-10-16-15(18)14-11(2)12-8-5-6-9-13(12)17-14/h5-6,8-9,11,14,17H,3-4,7,10H2,1-2H3,(H,16,18)/t11-,14-/m0/s1. The van der Waals surface area contributed by atoms with E-state index in [0.717, 1.165) is 18.7 Å². The van der Waals surface area contributed by atoms with Crippen molar-refractivity contribution in [3.63, 3.8) is 0 Å². The first-order valence-corrected chi connectivity index (χ1v) is 6.87. The summed E-state index contributed by atoms with van der Waals surface area (Å²) in [5, 5.41) is 6.34. The van der Waals surface area contributed by atoms with Crippen molar-refractivity contribution in [2.45, 2.75) is 45.1 Å². The monoisotopic (exact) mass is 246 g/mol. The predicted molar refractivity (Wildman–Crippen MR) is 74.8 cm³/mol. The Kier molecular flexibility index (Phi) is 4.24. The van der Waals surface area contributed by atoms with Crippen LogP contribution in [0, 0.1) is 0 Å². The average Bonchev–Trinajstić information content (AvgIpc) is 2.73. The van der Waals surface area contributed by atoms with Crippen molar-refractivity contribution < 1.29 is 4.79 Å². The molecule has 0 aliphatic carbocycles. The number of unbranched alkanes of at least 4 members (excludes halogenated alkanes) is 2. The third-order valence-electron chi connectivity index (χ3n) is 3.62. The lowest BCUT2D eigenvalue weighted by Gasteiger charge is -2.16.